The fraction of sp³-hybridized carbons (Fsp3) is 0.394. The number of halogens is 1. The summed E-state index contributed by atoms with van der Waals surface area (Å²) in [7, 11) is 2.22. The first-order valence-electron chi connectivity index (χ1n) is 14.8. The van der Waals surface area contributed by atoms with Gasteiger partial charge < -0.3 is 30.3 Å². The van der Waals surface area contributed by atoms with Crippen molar-refractivity contribution in [1.29, 1.82) is 0 Å². The van der Waals surface area contributed by atoms with Crippen molar-refractivity contribution >= 4 is 34.9 Å². The molecule has 2 fully saturated rings. The lowest BCUT2D eigenvalue weighted by molar-refractivity contribution is 0.0661. The van der Waals surface area contributed by atoms with E-state index in [0.717, 1.165) is 31.4 Å². The molecule has 222 valence electrons. The highest BCUT2D eigenvalue weighted by Gasteiger charge is 2.39. The molecule has 0 aliphatic carbocycles. The van der Waals surface area contributed by atoms with Crippen LogP contribution in [0.3, 0.4) is 0 Å². The summed E-state index contributed by atoms with van der Waals surface area (Å²) >= 11 is 6.41. The first-order valence-corrected chi connectivity index (χ1v) is 15.1. The van der Waals surface area contributed by atoms with E-state index in [4.69, 9.17) is 21.1 Å². The van der Waals surface area contributed by atoms with Gasteiger partial charge in [-0.05, 0) is 112 Å². The van der Waals surface area contributed by atoms with Crippen molar-refractivity contribution in [2.45, 2.75) is 76.6 Å². The second-order valence-electron chi connectivity index (χ2n) is 11.1. The molecule has 0 aromatic heterocycles. The third-order valence-electron chi connectivity index (χ3n) is 8.32. The Morgan fingerprint density at radius 3 is 2.12 bits per heavy atom. The molecular weight excluding hydrogens is 552 g/mol. The summed E-state index contributed by atoms with van der Waals surface area (Å²) in [4.78, 5) is 27.5. The summed E-state index contributed by atoms with van der Waals surface area (Å²) in [5, 5.41) is 9.02. The molecule has 2 aliphatic heterocycles. The van der Waals surface area contributed by atoms with Gasteiger partial charge in [0, 0.05) is 35.1 Å². The summed E-state index contributed by atoms with van der Waals surface area (Å²) in [6, 6.07) is 20.6. The number of nitrogens with one attached hydrogen (secondary N) is 3. The number of carbonyl (C=O) groups is 2. The van der Waals surface area contributed by atoms with Crippen molar-refractivity contribution in [3.63, 3.8) is 0 Å². The fourth-order valence-corrected chi connectivity index (χ4v) is 6.00. The molecule has 3 aromatic rings. The Balaban J connectivity index is 1.11. The van der Waals surface area contributed by atoms with E-state index in [-0.39, 0.29) is 24.1 Å². The van der Waals surface area contributed by atoms with Crippen LogP contribution in [-0.4, -0.2) is 48.1 Å². The van der Waals surface area contributed by atoms with Crippen molar-refractivity contribution in [2.24, 2.45) is 0 Å². The molecule has 2 atom stereocenters. The van der Waals surface area contributed by atoms with Gasteiger partial charge in [-0.15, -0.1) is 0 Å². The maximum atomic E-state index is 12.8. The van der Waals surface area contributed by atoms with Crippen LogP contribution in [0.15, 0.2) is 66.7 Å². The zero-order chi connectivity index (χ0) is 29.6. The average molecular weight is 591 g/mol. The maximum Gasteiger partial charge on any atom is 0.319 e. The van der Waals surface area contributed by atoms with Crippen molar-refractivity contribution in [1.82, 2.24) is 10.2 Å². The van der Waals surface area contributed by atoms with Crippen LogP contribution in [-0.2, 0) is 0 Å². The number of hydrogen-bond donors (Lipinski definition) is 3. The molecule has 3 aromatic carbocycles. The van der Waals surface area contributed by atoms with Gasteiger partial charge in [-0.1, -0.05) is 25.4 Å². The molecule has 0 saturated carbocycles. The third-order valence-corrected chi connectivity index (χ3v) is 8.62. The number of rotatable bonds is 10. The highest BCUT2D eigenvalue weighted by Crippen LogP contribution is 2.36. The molecule has 2 heterocycles. The second-order valence-corrected chi connectivity index (χ2v) is 11.5. The normalized spacial score (nSPS) is 19.8. The third kappa shape index (κ3) is 7.36. The number of fused-ring (bicyclic) bond motifs is 2. The van der Waals surface area contributed by atoms with Crippen LogP contribution in [0.1, 0.15) is 62.7 Å². The largest absolute Gasteiger partial charge is 0.490 e. The van der Waals surface area contributed by atoms with Gasteiger partial charge in [-0.25, -0.2) is 4.79 Å². The highest BCUT2D eigenvalue weighted by atomic mass is 35.5. The number of benzene rings is 3. The van der Waals surface area contributed by atoms with E-state index in [1.165, 1.54) is 12.8 Å². The number of piperidine rings is 1. The minimum absolute atomic E-state index is 0.125. The number of carbonyl (C=O) groups excluding carboxylic acids is 2. The number of anilines is 2. The molecular formula is C33H39ClN4O4. The number of hydrogen-bond acceptors (Lipinski definition) is 5. The minimum Gasteiger partial charge on any atom is -0.490 e. The Morgan fingerprint density at radius 2 is 1.50 bits per heavy atom. The molecule has 0 spiro atoms. The molecule has 42 heavy (non-hydrogen) atoms. The van der Waals surface area contributed by atoms with Gasteiger partial charge in [0.2, 0.25) is 0 Å². The molecule has 9 heteroatoms. The van der Waals surface area contributed by atoms with Crippen LogP contribution < -0.4 is 25.4 Å². The summed E-state index contributed by atoms with van der Waals surface area (Å²) in [6.07, 6.45) is 6.58. The Kier molecular flexibility index (Phi) is 9.55. The van der Waals surface area contributed by atoms with E-state index in [1.54, 1.807) is 54.6 Å². The Hall–Kier alpha value is -3.75. The number of nitrogens with zero attached hydrogens (tertiary/aromatic N) is 1. The molecule has 3 N–H and O–H groups in total. The zero-order valence-corrected chi connectivity index (χ0v) is 25.1. The highest BCUT2D eigenvalue weighted by molar-refractivity contribution is 6.32. The van der Waals surface area contributed by atoms with Crippen LogP contribution >= 0.6 is 11.6 Å². The van der Waals surface area contributed by atoms with Crippen molar-refractivity contribution < 1.29 is 19.1 Å². The molecule has 3 amide bonds. The minimum atomic E-state index is -0.269. The van der Waals surface area contributed by atoms with Crippen molar-refractivity contribution in [3.8, 4) is 17.2 Å². The lowest BCUT2D eigenvalue weighted by atomic mass is 10.0. The van der Waals surface area contributed by atoms with Crippen LogP contribution in [0.5, 0.6) is 17.2 Å². The summed E-state index contributed by atoms with van der Waals surface area (Å²) in [6.45, 7) is 4.07. The van der Waals surface area contributed by atoms with Gasteiger partial charge in [0.1, 0.15) is 23.4 Å². The summed E-state index contributed by atoms with van der Waals surface area (Å²) in [5.41, 5.74) is 1.77. The number of ether oxygens (including phenoxy) is 2. The lowest BCUT2D eigenvalue weighted by Gasteiger charge is -2.36. The molecule has 0 radical (unpaired) electrons. The van der Waals surface area contributed by atoms with Crippen LogP contribution in [0, 0.1) is 0 Å². The molecule has 8 nitrogen and oxygen atoms in total. The van der Waals surface area contributed by atoms with E-state index in [0.29, 0.717) is 45.5 Å². The first-order chi connectivity index (χ1) is 20.3. The lowest BCUT2D eigenvalue weighted by Crippen LogP contribution is -2.43. The summed E-state index contributed by atoms with van der Waals surface area (Å²) in [5.74, 6) is 1.61. The van der Waals surface area contributed by atoms with Gasteiger partial charge in [0.05, 0.1) is 5.02 Å². The van der Waals surface area contributed by atoms with E-state index in [1.807, 2.05) is 26.0 Å². The van der Waals surface area contributed by atoms with E-state index in [9.17, 15) is 9.59 Å². The molecule has 2 aliphatic rings. The van der Waals surface area contributed by atoms with Crippen LogP contribution in [0.2, 0.25) is 5.02 Å². The standard InChI is InChI=1S/C33H39ClN4O4/c1-4-22(5-2)36-33(40)37-24-10-17-31(30(34)18-24)42-28-15-8-23(9-16-28)35-32(39)21-6-13-27(14-7-21)41-29-19-25-11-12-26(20-29)38(25)3/h6-10,13-18,22,25-26,29H,4-5,11-12,19-20H2,1-3H3,(H,35,39)(H2,36,37,40). The Bertz CT molecular complexity index is 1360. The Labute approximate surface area is 252 Å². The first kappa shape index (κ1) is 29.7. The van der Waals surface area contributed by atoms with Gasteiger partial charge in [0.15, 0.2) is 0 Å². The van der Waals surface area contributed by atoms with E-state index in [2.05, 4.69) is 27.9 Å². The predicted molar refractivity (Wildman–Crippen MR) is 167 cm³/mol. The van der Waals surface area contributed by atoms with Gasteiger partial charge in [0.25, 0.3) is 5.91 Å². The molecule has 2 saturated heterocycles. The maximum absolute atomic E-state index is 12.8. The van der Waals surface area contributed by atoms with E-state index >= 15 is 0 Å². The van der Waals surface area contributed by atoms with Gasteiger partial charge in [-0.2, -0.15) is 0 Å². The fourth-order valence-electron chi connectivity index (χ4n) is 5.78. The summed E-state index contributed by atoms with van der Waals surface area (Å²) < 4.78 is 12.2. The molecule has 2 unspecified atom stereocenters. The Morgan fingerprint density at radius 1 is 0.881 bits per heavy atom. The number of urea groups is 1. The smallest absolute Gasteiger partial charge is 0.319 e. The van der Waals surface area contributed by atoms with Crippen molar-refractivity contribution in [2.75, 3.05) is 17.7 Å². The van der Waals surface area contributed by atoms with Crippen LogP contribution in [0.25, 0.3) is 0 Å². The number of amides is 3. The molecule has 5 rings (SSSR count). The topological polar surface area (TPSA) is 91.9 Å². The zero-order valence-electron chi connectivity index (χ0n) is 24.4. The second kappa shape index (κ2) is 13.5. The monoisotopic (exact) mass is 590 g/mol. The quantitative estimate of drug-likeness (QED) is 0.225. The van der Waals surface area contributed by atoms with E-state index < -0.39 is 0 Å². The van der Waals surface area contributed by atoms with Gasteiger partial charge >= 0.3 is 6.03 Å². The van der Waals surface area contributed by atoms with Gasteiger partial charge in [-0.3, -0.25) is 4.79 Å². The van der Waals surface area contributed by atoms with Crippen LogP contribution in [0.4, 0.5) is 16.2 Å². The SMILES string of the molecule is CCC(CC)NC(=O)Nc1ccc(Oc2ccc(NC(=O)c3ccc(OC4CC5CCC(C4)N5C)cc3)cc2)c(Cl)c1. The predicted octanol–water partition coefficient (Wildman–Crippen LogP) is 7.70. The molecule has 2 bridgehead atoms. The van der Waals surface area contributed by atoms with Crippen molar-refractivity contribution in [3.05, 3.63) is 77.3 Å². The average Bonchev–Trinajstić information content (AvgIpc) is 3.18.